The highest BCUT2D eigenvalue weighted by atomic mass is 35.5. The molecule has 2 N–H and O–H groups in total. The van der Waals surface area contributed by atoms with Crippen LogP contribution in [0.4, 0.5) is 0 Å². The van der Waals surface area contributed by atoms with E-state index in [1.54, 1.807) is 12.1 Å². The maximum absolute atomic E-state index is 10.3. The van der Waals surface area contributed by atoms with Crippen LogP contribution in [0.2, 0.25) is 5.02 Å². The Labute approximate surface area is 106 Å². The zero-order valence-corrected chi connectivity index (χ0v) is 11.0. The average Bonchev–Trinajstić information content (AvgIpc) is 2.56. The molecule has 0 radical (unpaired) electrons. The first-order valence-corrected chi connectivity index (χ1v) is 5.97. The Morgan fingerprint density at radius 2 is 1.88 bits per heavy atom. The number of aromatic nitrogens is 1. The molecule has 90 valence electrons. The number of benzene rings is 1. The Kier molecular flexibility index (Phi) is 3.27. The van der Waals surface area contributed by atoms with Gasteiger partial charge in [-0.2, -0.15) is 0 Å². The Balaban J connectivity index is 2.43. The van der Waals surface area contributed by atoms with E-state index in [0.29, 0.717) is 5.02 Å². The number of aryl methyl sites for hydroxylation is 1. The van der Waals surface area contributed by atoms with Crippen molar-refractivity contribution in [3.63, 3.8) is 0 Å². The van der Waals surface area contributed by atoms with E-state index in [9.17, 15) is 5.11 Å². The van der Waals surface area contributed by atoms with Crippen molar-refractivity contribution in [3.8, 4) is 0 Å². The molecule has 3 heteroatoms. The van der Waals surface area contributed by atoms with Gasteiger partial charge < -0.3 is 10.1 Å². The van der Waals surface area contributed by atoms with Crippen LogP contribution in [-0.4, -0.2) is 10.1 Å². The van der Waals surface area contributed by atoms with Crippen LogP contribution in [0.25, 0.3) is 0 Å². The first-order valence-electron chi connectivity index (χ1n) is 5.60. The Hall–Kier alpha value is -1.25. The molecule has 0 spiro atoms. The standard InChI is InChI=1S/C14H16ClNO/c1-8-9(2)13(16-10(8)3)14(17)11-5-4-6-12(15)7-11/h4-7,14,16-17H,1-3H3. The maximum Gasteiger partial charge on any atom is 0.119 e. The lowest BCUT2D eigenvalue weighted by Gasteiger charge is -2.11. The molecular formula is C14H16ClNO. The van der Waals surface area contributed by atoms with Crippen molar-refractivity contribution in [3.05, 3.63) is 57.4 Å². The minimum Gasteiger partial charge on any atom is -0.382 e. The number of halogens is 1. The highest BCUT2D eigenvalue weighted by molar-refractivity contribution is 6.30. The first-order chi connectivity index (χ1) is 8.00. The molecule has 17 heavy (non-hydrogen) atoms. The molecule has 0 saturated heterocycles. The van der Waals surface area contributed by atoms with Crippen molar-refractivity contribution in [1.29, 1.82) is 0 Å². The van der Waals surface area contributed by atoms with E-state index in [0.717, 1.165) is 22.5 Å². The number of H-pyrrole nitrogens is 1. The van der Waals surface area contributed by atoms with Gasteiger partial charge in [0.15, 0.2) is 0 Å². The fraction of sp³-hybridized carbons (Fsp3) is 0.286. The topological polar surface area (TPSA) is 36.0 Å². The molecule has 0 aliphatic heterocycles. The average molecular weight is 250 g/mol. The van der Waals surface area contributed by atoms with Gasteiger partial charge in [-0.25, -0.2) is 0 Å². The third-order valence-electron chi connectivity index (χ3n) is 3.29. The lowest BCUT2D eigenvalue weighted by Crippen LogP contribution is -2.01. The number of aromatic amines is 1. The second kappa shape index (κ2) is 4.55. The molecule has 0 saturated carbocycles. The monoisotopic (exact) mass is 249 g/mol. The summed E-state index contributed by atoms with van der Waals surface area (Å²) >= 11 is 5.93. The predicted molar refractivity (Wildman–Crippen MR) is 70.5 cm³/mol. The van der Waals surface area contributed by atoms with Crippen LogP contribution < -0.4 is 0 Å². The number of aliphatic hydroxyl groups excluding tert-OH is 1. The molecule has 1 aromatic carbocycles. The molecule has 0 amide bonds. The molecule has 0 aliphatic carbocycles. The molecule has 0 bridgehead atoms. The van der Waals surface area contributed by atoms with Crippen LogP contribution in [0.15, 0.2) is 24.3 Å². The number of nitrogens with one attached hydrogen (secondary N) is 1. The van der Waals surface area contributed by atoms with E-state index in [-0.39, 0.29) is 0 Å². The fourth-order valence-electron chi connectivity index (χ4n) is 1.99. The summed E-state index contributed by atoms with van der Waals surface area (Å²) in [4.78, 5) is 3.24. The highest BCUT2D eigenvalue weighted by Crippen LogP contribution is 2.28. The summed E-state index contributed by atoms with van der Waals surface area (Å²) in [6, 6.07) is 7.31. The second-order valence-corrected chi connectivity index (χ2v) is 4.81. The quantitative estimate of drug-likeness (QED) is 0.837. The lowest BCUT2D eigenvalue weighted by atomic mass is 10.0. The Bertz CT molecular complexity index is 545. The summed E-state index contributed by atoms with van der Waals surface area (Å²) < 4.78 is 0. The zero-order chi connectivity index (χ0) is 12.6. The smallest absolute Gasteiger partial charge is 0.119 e. The van der Waals surface area contributed by atoms with Crippen molar-refractivity contribution in [2.75, 3.05) is 0 Å². The van der Waals surface area contributed by atoms with Gasteiger partial charge in [-0.3, -0.25) is 0 Å². The van der Waals surface area contributed by atoms with E-state index >= 15 is 0 Å². The molecule has 2 aromatic rings. The van der Waals surface area contributed by atoms with Gasteiger partial charge in [0.25, 0.3) is 0 Å². The van der Waals surface area contributed by atoms with Gasteiger partial charge >= 0.3 is 0 Å². The van der Waals surface area contributed by atoms with Crippen LogP contribution in [-0.2, 0) is 0 Å². The predicted octanol–water partition coefficient (Wildman–Crippen LogP) is 3.68. The molecule has 0 aliphatic rings. The van der Waals surface area contributed by atoms with Gasteiger partial charge in [-0.1, -0.05) is 23.7 Å². The molecule has 1 heterocycles. The minimum absolute atomic E-state index is 0.638. The van der Waals surface area contributed by atoms with Crippen molar-refractivity contribution in [1.82, 2.24) is 4.98 Å². The summed E-state index contributed by atoms with van der Waals surface area (Å²) in [5, 5.41) is 11.0. The summed E-state index contributed by atoms with van der Waals surface area (Å²) in [5.41, 5.74) is 5.05. The summed E-state index contributed by atoms with van der Waals surface area (Å²) in [7, 11) is 0. The highest BCUT2D eigenvalue weighted by Gasteiger charge is 2.17. The SMILES string of the molecule is Cc1[nH]c(C(O)c2cccc(Cl)c2)c(C)c1C. The van der Waals surface area contributed by atoms with E-state index in [1.807, 2.05) is 26.0 Å². The Morgan fingerprint density at radius 3 is 2.41 bits per heavy atom. The molecule has 1 unspecified atom stereocenters. The van der Waals surface area contributed by atoms with Gasteiger partial charge in [0, 0.05) is 10.7 Å². The van der Waals surface area contributed by atoms with Gasteiger partial charge in [-0.05, 0) is 49.6 Å². The molecule has 2 rings (SSSR count). The summed E-state index contributed by atoms with van der Waals surface area (Å²) in [6.45, 7) is 6.08. The molecular weight excluding hydrogens is 234 g/mol. The van der Waals surface area contributed by atoms with Gasteiger partial charge in [0.1, 0.15) is 6.10 Å². The summed E-state index contributed by atoms with van der Waals surface area (Å²) in [6.07, 6.45) is -0.652. The maximum atomic E-state index is 10.3. The van der Waals surface area contributed by atoms with Crippen molar-refractivity contribution in [2.24, 2.45) is 0 Å². The third kappa shape index (κ3) is 2.24. The normalized spacial score (nSPS) is 12.8. The molecule has 1 atom stereocenters. The Morgan fingerprint density at radius 1 is 1.18 bits per heavy atom. The molecule has 1 aromatic heterocycles. The van der Waals surface area contributed by atoms with Crippen LogP contribution in [0.3, 0.4) is 0 Å². The fourth-order valence-corrected chi connectivity index (χ4v) is 2.19. The van der Waals surface area contributed by atoms with Gasteiger partial charge in [0.2, 0.25) is 0 Å². The number of hydrogen-bond acceptors (Lipinski definition) is 1. The lowest BCUT2D eigenvalue weighted by molar-refractivity contribution is 0.215. The van der Waals surface area contributed by atoms with Gasteiger partial charge in [0.05, 0.1) is 5.69 Å². The molecule has 0 fully saturated rings. The second-order valence-electron chi connectivity index (χ2n) is 4.37. The number of aliphatic hydroxyl groups is 1. The number of rotatable bonds is 2. The number of hydrogen-bond donors (Lipinski definition) is 2. The van der Waals surface area contributed by atoms with E-state index in [2.05, 4.69) is 11.9 Å². The zero-order valence-electron chi connectivity index (χ0n) is 10.2. The van der Waals surface area contributed by atoms with E-state index in [1.165, 1.54) is 5.56 Å². The van der Waals surface area contributed by atoms with Gasteiger partial charge in [-0.15, -0.1) is 0 Å². The van der Waals surface area contributed by atoms with Crippen LogP contribution in [0.1, 0.15) is 34.2 Å². The third-order valence-corrected chi connectivity index (χ3v) is 3.52. The first kappa shape index (κ1) is 12.2. The van der Waals surface area contributed by atoms with Crippen molar-refractivity contribution >= 4 is 11.6 Å². The van der Waals surface area contributed by atoms with Crippen LogP contribution in [0.5, 0.6) is 0 Å². The van der Waals surface area contributed by atoms with E-state index < -0.39 is 6.10 Å². The minimum atomic E-state index is -0.652. The van der Waals surface area contributed by atoms with E-state index in [4.69, 9.17) is 11.6 Å². The largest absolute Gasteiger partial charge is 0.382 e. The molecule has 2 nitrogen and oxygen atoms in total. The van der Waals surface area contributed by atoms with Crippen LogP contribution in [0, 0.1) is 20.8 Å². The van der Waals surface area contributed by atoms with Crippen molar-refractivity contribution < 1.29 is 5.11 Å². The summed E-state index contributed by atoms with van der Waals surface area (Å²) in [5.74, 6) is 0. The van der Waals surface area contributed by atoms with Crippen molar-refractivity contribution in [2.45, 2.75) is 26.9 Å². The van der Waals surface area contributed by atoms with Crippen LogP contribution >= 0.6 is 11.6 Å².